The van der Waals surface area contributed by atoms with Crippen LogP contribution < -0.4 is 0 Å². The van der Waals surface area contributed by atoms with E-state index >= 15 is 0 Å². The van der Waals surface area contributed by atoms with Crippen LogP contribution in [0.5, 0.6) is 0 Å². The quantitative estimate of drug-likeness (QED) is 0.153. The van der Waals surface area contributed by atoms with E-state index in [-0.39, 0.29) is 16.7 Å². The lowest BCUT2D eigenvalue weighted by molar-refractivity contribution is 0.591. The van der Waals surface area contributed by atoms with Gasteiger partial charge in [0.25, 0.3) is 0 Å². The van der Waals surface area contributed by atoms with Crippen molar-refractivity contribution in [3.8, 4) is 33.4 Å². The molecule has 0 aromatic heterocycles. The van der Waals surface area contributed by atoms with E-state index in [2.05, 4.69) is 168 Å². The molecule has 0 radical (unpaired) electrons. The third-order valence-corrected chi connectivity index (χ3v) is 11.4. The molecular weight excluding hydrogens is 683 g/mol. The van der Waals surface area contributed by atoms with Gasteiger partial charge in [0, 0.05) is 21.4 Å². The van der Waals surface area contributed by atoms with Crippen molar-refractivity contribution in [1.82, 2.24) is 0 Å². The minimum absolute atomic E-state index is 0.0649. The van der Waals surface area contributed by atoms with Crippen molar-refractivity contribution in [3.63, 3.8) is 0 Å². The Labute approximate surface area is 325 Å². The molecule has 0 spiro atoms. The van der Waals surface area contributed by atoms with E-state index in [0.29, 0.717) is 0 Å². The molecule has 2 aliphatic carbocycles. The minimum atomic E-state index is -0.367. The van der Waals surface area contributed by atoms with Gasteiger partial charge < -0.3 is 0 Å². The molecule has 6 aromatic carbocycles. The smallest absolute Gasteiger partial charge is 0.0406 e. The highest BCUT2D eigenvalue weighted by Crippen LogP contribution is 2.52. The molecule has 0 bridgehead atoms. The van der Waals surface area contributed by atoms with Gasteiger partial charge in [-0.05, 0) is 132 Å². The average Bonchev–Trinajstić information content (AvgIpc) is 3.82. The molecule has 0 amide bonds. The summed E-state index contributed by atoms with van der Waals surface area (Å²) in [4.78, 5) is 0. The van der Waals surface area contributed by atoms with E-state index < -0.39 is 0 Å². The highest BCUT2D eigenvalue weighted by atomic mass is 35.5. The van der Waals surface area contributed by atoms with E-state index in [0.717, 1.165) is 33.2 Å². The summed E-state index contributed by atoms with van der Waals surface area (Å²) < 4.78 is 0. The fraction of sp³-hybridized carbons (Fsp3) is 0.176. The van der Waals surface area contributed by atoms with Gasteiger partial charge in [-0.3, -0.25) is 0 Å². The lowest BCUT2D eigenvalue weighted by Crippen LogP contribution is -2.17. The normalized spacial score (nSPS) is 13.6. The summed E-state index contributed by atoms with van der Waals surface area (Å²) in [5.41, 5.74) is 17.8. The van der Waals surface area contributed by atoms with Crippen LogP contribution in [0.4, 0.5) is 0 Å². The van der Waals surface area contributed by atoms with Gasteiger partial charge >= 0.3 is 0 Å². The Hall–Kier alpha value is -4.88. The Bertz CT molecular complexity index is 2340. The molecule has 0 aliphatic heterocycles. The van der Waals surface area contributed by atoms with Crippen LogP contribution in [0.25, 0.3) is 39.0 Å². The SMILES string of the molecule is CC(C)(C)c1cc2c(c(C3C=CC=C3)c1-c1ccccc1)Cc1cc(-c3ccccc3)c(C(C)(C)C=C(c3ccc(Cl)cc3)c3ccc(Cl)cc3)cc1-2. The fourth-order valence-electron chi connectivity index (χ4n) is 8.33. The summed E-state index contributed by atoms with van der Waals surface area (Å²) in [6.07, 6.45) is 12.5. The van der Waals surface area contributed by atoms with E-state index in [1.807, 2.05) is 24.3 Å². The zero-order valence-corrected chi connectivity index (χ0v) is 32.6. The van der Waals surface area contributed by atoms with Gasteiger partial charge in [-0.25, -0.2) is 0 Å². The van der Waals surface area contributed by atoms with Gasteiger partial charge in [0.2, 0.25) is 0 Å². The Kier molecular flexibility index (Phi) is 9.18. The second-order valence-corrected chi connectivity index (χ2v) is 16.9. The molecule has 0 heterocycles. The van der Waals surface area contributed by atoms with Crippen molar-refractivity contribution in [2.75, 3.05) is 0 Å². The van der Waals surface area contributed by atoms with Crippen LogP contribution >= 0.6 is 23.2 Å². The van der Waals surface area contributed by atoms with E-state index in [4.69, 9.17) is 23.2 Å². The molecule has 0 saturated carbocycles. The van der Waals surface area contributed by atoms with Gasteiger partial charge in [-0.2, -0.15) is 0 Å². The molecular formula is C51H44Cl2. The zero-order chi connectivity index (χ0) is 36.9. The van der Waals surface area contributed by atoms with Crippen LogP contribution in [-0.4, -0.2) is 0 Å². The maximum absolute atomic E-state index is 6.39. The Balaban J connectivity index is 1.39. The molecule has 0 saturated heterocycles. The molecule has 0 fully saturated rings. The third-order valence-electron chi connectivity index (χ3n) is 10.9. The van der Waals surface area contributed by atoms with Crippen LogP contribution in [0, 0.1) is 0 Å². The standard InChI is InChI=1S/C51H44Cl2/c1-50(2,3)47-31-43-41-30-46(51(4,5)32-45(34-20-24-39(52)25-21-34)35-22-26-40(53)27-23-35)42(33-14-8-6-9-15-33)28-38(41)29-44(43)48(36-18-12-13-19-36)49(47)37-16-10-7-11-17-37/h6-28,30-32,36H,29H2,1-5H3. The first-order valence-electron chi connectivity index (χ1n) is 18.6. The van der Waals surface area contributed by atoms with Crippen molar-refractivity contribution in [2.24, 2.45) is 0 Å². The first-order chi connectivity index (χ1) is 25.5. The van der Waals surface area contributed by atoms with E-state index in [9.17, 15) is 0 Å². The van der Waals surface area contributed by atoms with Crippen molar-refractivity contribution in [1.29, 1.82) is 0 Å². The Morgan fingerprint density at radius 3 is 1.66 bits per heavy atom. The minimum Gasteiger partial charge on any atom is -0.0843 e. The van der Waals surface area contributed by atoms with Gasteiger partial charge in [-0.15, -0.1) is 0 Å². The molecule has 53 heavy (non-hydrogen) atoms. The molecule has 262 valence electrons. The van der Waals surface area contributed by atoms with Crippen molar-refractivity contribution < 1.29 is 0 Å². The number of hydrogen-bond acceptors (Lipinski definition) is 0. The molecule has 0 unspecified atom stereocenters. The average molecular weight is 728 g/mol. The summed E-state index contributed by atoms with van der Waals surface area (Å²) in [7, 11) is 0. The first-order valence-corrected chi connectivity index (χ1v) is 19.3. The molecule has 2 aliphatic rings. The summed E-state index contributed by atoms with van der Waals surface area (Å²) >= 11 is 12.8. The van der Waals surface area contributed by atoms with Crippen LogP contribution in [0.2, 0.25) is 10.0 Å². The fourth-order valence-corrected chi connectivity index (χ4v) is 8.58. The summed E-state index contributed by atoms with van der Waals surface area (Å²) in [5.74, 6) is 0.226. The number of allylic oxidation sites excluding steroid dienone is 5. The maximum atomic E-state index is 6.39. The van der Waals surface area contributed by atoms with Crippen LogP contribution in [0.15, 0.2) is 158 Å². The lowest BCUT2D eigenvalue weighted by Gasteiger charge is -2.30. The van der Waals surface area contributed by atoms with Crippen LogP contribution in [0.3, 0.4) is 0 Å². The molecule has 2 heteroatoms. The molecule has 6 aromatic rings. The van der Waals surface area contributed by atoms with E-state index in [1.54, 1.807) is 0 Å². The Morgan fingerprint density at radius 2 is 1.11 bits per heavy atom. The van der Waals surface area contributed by atoms with Gasteiger partial charge in [0.1, 0.15) is 0 Å². The highest BCUT2D eigenvalue weighted by molar-refractivity contribution is 6.31. The van der Waals surface area contributed by atoms with Crippen molar-refractivity contribution in [3.05, 3.63) is 207 Å². The highest BCUT2D eigenvalue weighted by Gasteiger charge is 2.34. The molecule has 0 nitrogen and oxygen atoms in total. The number of benzene rings is 6. The number of rotatable bonds is 7. The predicted molar refractivity (Wildman–Crippen MR) is 228 cm³/mol. The molecule has 0 N–H and O–H groups in total. The van der Waals surface area contributed by atoms with E-state index in [1.165, 1.54) is 61.2 Å². The van der Waals surface area contributed by atoms with Gasteiger partial charge in [-0.1, -0.05) is 173 Å². The van der Waals surface area contributed by atoms with Crippen LogP contribution in [-0.2, 0) is 17.3 Å². The number of fused-ring (bicyclic) bond motifs is 3. The first kappa shape index (κ1) is 35.2. The number of halogens is 2. The maximum Gasteiger partial charge on any atom is 0.0406 e. The van der Waals surface area contributed by atoms with Crippen LogP contribution in [0.1, 0.15) is 79.5 Å². The molecule has 0 atom stereocenters. The second-order valence-electron chi connectivity index (χ2n) is 16.0. The third kappa shape index (κ3) is 6.76. The van der Waals surface area contributed by atoms with Gasteiger partial charge in [0.05, 0.1) is 0 Å². The lowest BCUT2D eigenvalue weighted by atomic mass is 9.74. The van der Waals surface area contributed by atoms with Crippen molar-refractivity contribution >= 4 is 28.8 Å². The van der Waals surface area contributed by atoms with Gasteiger partial charge in [0.15, 0.2) is 0 Å². The second kappa shape index (κ2) is 13.8. The monoisotopic (exact) mass is 726 g/mol. The summed E-state index contributed by atoms with van der Waals surface area (Å²) in [6.45, 7) is 11.8. The summed E-state index contributed by atoms with van der Waals surface area (Å²) in [6, 6.07) is 45.8. The zero-order valence-electron chi connectivity index (χ0n) is 31.1. The number of hydrogen-bond donors (Lipinski definition) is 0. The topological polar surface area (TPSA) is 0 Å². The molecule has 8 rings (SSSR count). The Morgan fingerprint density at radius 1 is 0.585 bits per heavy atom. The van der Waals surface area contributed by atoms with Crippen molar-refractivity contribution in [2.45, 2.75) is 57.8 Å². The largest absolute Gasteiger partial charge is 0.0843 e. The summed E-state index contributed by atoms with van der Waals surface area (Å²) in [5, 5.41) is 1.44. The predicted octanol–water partition coefficient (Wildman–Crippen LogP) is 14.8.